The van der Waals surface area contributed by atoms with Crippen LogP contribution in [0.4, 0.5) is 0 Å². The summed E-state index contributed by atoms with van der Waals surface area (Å²) >= 11 is 6.02. The summed E-state index contributed by atoms with van der Waals surface area (Å²) in [6.07, 6.45) is 6.14. The first-order valence-electron chi connectivity index (χ1n) is 6.63. The van der Waals surface area contributed by atoms with E-state index in [1.165, 1.54) is 6.20 Å². The van der Waals surface area contributed by atoms with Crippen molar-refractivity contribution in [3.05, 3.63) is 28.5 Å². The minimum atomic E-state index is -0.765. The Labute approximate surface area is 118 Å². The van der Waals surface area contributed by atoms with Crippen LogP contribution in [-0.2, 0) is 0 Å². The fraction of sp³-hybridized carbons (Fsp3) is 0.571. The molecule has 2 N–H and O–H groups in total. The quantitative estimate of drug-likeness (QED) is 0.895. The summed E-state index contributed by atoms with van der Waals surface area (Å²) in [7, 11) is 0. The predicted molar refractivity (Wildman–Crippen MR) is 74.4 cm³/mol. The van der Waals surface area contributed by atoms with E-state index in [0.29, 0.717) is 10.6 Å². The van der Waals surface area contributed by atoms with Crippen LogP contribution < -0.4 is 5.32 Å². The number of carbonyl (C=O) groups excluding carboxylic acids is 1. The zero-order valence-corrected chi connectivity index (χ0v) is 11.8. The Balaban J connectivity index is 1.97. The van der Waals surface area contributed by atoms with E-state index in [4.69, 9.17) is 11.6 Å². The summed E-state index contributed by atoms with van der Waals surface area (Å²) < 4.78 is 0. The third-order valence-electron chi connectivity index (χ3n) is 3.60. The highest BCUT2D eigenvalue weighted by atomic mass is 35.5. The van der Waals surface area contributed by atoms with Crippen molar-refractivity contribution in [1.29, 1.82) is 0 Å². The molecule has 1 fully saturated rings. The lowest BCUT2D eigenvalue weighted by atomic mass is 9.85. The summed E-state index contributed by atoms with van der Waals surface area (Å²) in [5, 5.41) is 13.5. The third kappa shape index (κ3) is 3.67. The molecule has 0 saturated heterocycles. The van der Waals surface area contributed by atoms with Crippen molar-refractivity contribution < 1.29 is 9.90 Å². The van der Waals surface area contributed by atoms with Crippen molar-refractivity contribution in [2.45, 2.75) is 44.6 Å². The van der Waals surface area contributed by atoms with E-state index in [9.17, 15) is 9.90 Å². The molecule has 5 heteroatoms. The number of hydrogen-bond donors (Lipinski definition) is 2. The highest BCUT2D eigenvalue weighted by Gasteiger charge is 2.29. The van der Waals surface area contributed by atoms with E-state index in [-0.39, 0.29) is 12.5 Å². The van der Waals surface area contributed by atoms with Crippen molar-refractivity contribution in [2.24, 2.45) is 0 Å². The Morgan fingerprint density at radius 2 is 2.16 bits per heavy atom. The number of rotatable bonds is 3. The molecule has 1 aliphatic rings. The first-order chi connectivity index (χ1) is 9.00. The van der Waals surface area contributed by atoms with Crippen LogP contribution in [0.1, 0.15) is 48.2 Å². The first kappa shape index (κ1) is 14.3. The van der Waals surface area contributed by atoms with Gasteiger partial charge in [0.25, 0.3) is 5.91 Å². The maximum atomic E-state index is 12.0. The molecule has 1 aromatic heterocycles. The number of pyridine rings is 1. The van der Waals surface area contributed by atoms with Gasteiger partial charge in [0.1, 0.15) is 0 Å². The van der Waals surface area contributed by atoms with Gasteiger partial charge in [-0.05, 0) is 25.8 Å². The second kappa shape index (κ2) is 5.88. The van der Waals surface area contributed by atoms with Gasteiger partial charge >= 0.3 is 0 Å². The number of aliphatic hydroxyl groups is 1. The van der Waals surface area contributed by atoms with Gasteiger partial charge in [0.2, 0.25) is 0 Å². The second-order valence-corrected chi connectivity index (χ2v) is 5.68. The molecule has 0 spiro atoms. The van der Waals surface area contributed by atoms with Crippen LogP contribution in [-0.4, -0.2) is 28.1 Å². The van der Waals surface area contributed by atoms with Crippen LogP contribution in [0.5, 0.6) is 0 Å². The van der Waals surface area contributed by atoms with Crippen molar-refractivity contribution in [3.63, 3.8) is 0 Å². The average Bonchev–Trinajstić information content (AvgIpc) is 2.37. The molecule has 1 aromatic rings. The lowest BCUT2D eigenvalue weighted by Gasteiger charge is -2.32. The van der Waals surface area contributed by atoms with Gasteiger partial charge in [0.15, 0.2) is 0 Å². The number of amides is 1. The van der Waals surface area contributed by atoms with Gasteiger partial charge in [-0.1, -0.05) is 30.9 Å². The molecular formula is C14H19ClN2O2. The van der Waals surface area contributed by atoms with Crippen molar-refractivity contribution in [3.8, 4) is 0 Å². The largest absolute Gasteiger partial charge is 0.388 e. The van der Waals surface area contributed by atoms with Crippen LogP contribution in [0.15, 0.2) is 12.3 Å². The van der Waals surface area contributed by atoms with Crippen LogP contribution >= 0.6 is 11.6 Å². The maximum absolute atomic E-state index is 12.0. The number of nitrogens with one attached hydrogen (secondary N) is 1. The summed E-state index contributed by atoms with van der Waals surface area (Å²) in [6, 6.07) is 1.66. The normalized spacial score (nSPS) is 18.1. The second-order valence-electron chi connectivity index (χ2n) is 5.27. The monoisotopic (exact) mass is 282 g/mol. The summed E-state index contributed by atoms with van der Waals surface area (Å²) in [5.74, 6) is -0.281. The SMILES string of the molecule is Cc1cc(Cl)c(C(=O)NCC2(O)CCCCC2)cn1. The maximum Gasteiger partial charge on any atom is 0.254 e. The highest BCUT2D eigenvalue weighted by Crippen LogP contribution is 2.27. The third-order valence-corrected chi connectivity index (χ3v) is 3.91. The van der Waals surface area contributed by atoms with E-state index in [1.807, 2.05) is 6.92 Å². The highest BCUT2D eigenvalue weighted by molar-refractivity contribution is 6.33. The number of aryl methyl sites for hydroxylation is 1. The molecule has 1 saturated carbocycles. The smallest absolute Gasteiger partial charge is 0.254 e. The molecule has 0 unspecified atom stereocenters. The molecule has 19 heavy (non-hydrogen) atoms. The average molecular weight is 283 g/mol. The molecular weight excluding hydrogens is 264 g/mol. The Kier molecular flexibility index (Phi) is 4.42. The van der Waals surface area contributed by atoms with E-state index in [0.717, 1.165) is 37.8 Å². The topological polar surface area (TPSA) is 62.2 Å². The van der Waals surface area contributed by atoms with E-state index < -0.39 is 5.60 Å². The van der Waals surface area contributed by atoms with Gasteiger partial charge in [-0.25, -0.2) is 0 Å². The molecule has 1 aliphatic carbocycles. The fourth-order valence-corrected chi connectivity index (χ4v) is 2.71. The van der Waals surface area contributed by atoms with Crippen LogP contribution in [0.2, 0.25) is 5.02 Å². The summed E-state index contributed by atoms with van der Waals surface area (Å²) in [5.41, 5.74) is 0.359. The zero-order valence-electron chi connectivity index (χ0n) is 11.1. The molecule has 0 atom stereocenters. The summed E-state index contributed by atoms with van der Waals surface area (Å²) in [4.78, 5) is 16.1. The molecule has 0 bridgehead atoms. The van der Waals surface area contributed by atoms with E-state index >= 15 is 0 Å². The summed E-state index contributed by atoms with van der Waals surface area (Å²) in [6.45, 7) is 2.09. The standard InChI is InChI=1S/C14H19ClN2O2/c1-10-7-12(15)11(8-16-10)13(18)17-9-14(19)5-3-2-4-6-14/h7-8,19H,2-6,9H2,1H3,(H,17,18). The molecule has 4 nitrogen and oxygen atoms in total. The number of aromatic nitrogens is 1. The van der Waals surface area contributed by atoms with Crippen molar-refractivity contribution >= 4 is 17.5 Å². The minimum absolute atomic E-state index is 0.274. The molecule has 104 valence electrons. The Morgan fingerprint density at radius 3 is 2.79 bits per heavy atom. The zero-order chi connectivity index (χ0) is 13.9. The first-order valence-corrected chi connectivity index (χ1v) is 7.01. The number of halogens is 1. The Hall–Kier alpha value is -1.13. The van der Waals surface area contributed by atoms with Gasteiger partial charge in [-0.15, -0.1) is 0 Å². The number of hydrogen-bond acceptors (Lipinski definition) is 3. The van der Waals surface area contributed by atoms with Gasteiger partial charge in [-0.3, -0.25) is 9.78 Å². The Morgan fingerprint density at radius 1 is 1.47 bits per heavy atom. The predicted octanol–water partition coefficient (Wildman–Crippen LogP) is 2.47. The van der Waals surface area contributed by atoms with Gasteiger partial charge in [0, 0.05) is 18.4 Å². The lowest BCUT2D eigenvalue weighted by molar-refractivity contribution is 0.00525. The lowest BCUT2D eigenvalue weighted by Crippen LogP contribution is -2.44. The fourth-order valence-electron chi connectivity index (χ4n) is 2.42. The van der Waals surface area contributed by atoms with E-state index in [2.05, 4.69) is 10.3 Å². The van der Waals surface area contributed by atoms with Gasteiger partial charge < -0.3 is 10.4 Å². The molecule has 2 rings (SSSR count). The molecule has 0 aromatic carbocycles. The van der Waals surface area contributed by atoms with Crippen molar-refractivity contribution in [2.75, 3.05) is 6.54 Å². The van der Waals surface area contributed by atoms with Gasteiger partial charge in [-0.2, -0.15) is 0 Å². The molecule has 0 radical (unpaired) electrons. The minimum Gasteiger partial charge on any atom is -0.388 e. The number of nitrogens with zero attached hydrogens (tertiary/aromatic N) is 1. The van der Waals surface area contributed by atoms with Crippen LogP contribution in [0.25, 0.3) is 0 Å². The molecule has 1 heterocycles. The molecule has 0 aliphatic heterocycles. The van der Waals surface area contributed by atoms with Crippen molar-refractivity contribution in [1.82, 2.24) is 10.3 Å². The van der Waals surface area contributed by atoms with E-state index in [1.54, 1.807) is 6.07 Å². The number of carbonyl (C=O) groups is 1. The molecule has 1 amide bonds. The van der Waals surface area contributed by atoms with Gasteiger partial charge in [0.05, 0.1) is 16.2 Å². The Bertz CT molecular complexity index is 471. The van der Waals surface area contributed by atoms with Crippen LogP contribution in [0, 0.1) is 6.92 Å². The van der Waals surface area contributed by atoms with Crippen LogP contribution in [0.3, 0.4) is 0 Å².